The Morgan fingerprint density at radius 1 is 1.29 bits per heavy atom. The SMILES string of the molecule is CSC1=NC(c2cc(C)c(O)c(C)c2)C=NN1. The second-order valence-corrected chi connectivity index (χ2v) is 4.77. The van der Waals surface area contributed by atoms with Gasteiger partial charge in [0.15, 0.2) is 5.17 Å². The molecule has 1 aliphatic heterocycles. The normalized spacial score (nSPS) is 18.8. The Morgan fingerprint density at radius 2 is 1.94 bits per heavy atom. The summed E-state index contributed by atoms with van der Waals surface area (Å²) in [7, 11) is 0. The van der Waals surface area contributed by atoms with Crippen LogP contribution in [-0.2, 0) is 0 Å². The van der Waals surface area contributed by atoms with Crippen molar-refractivity contribution >= 4 is 23.1 Å². The van der Waals surface area contributed by atoms with Crippen molar-refractivity contribution in [2.24, 2.45) is 10.1 Å². The highest BCUT2D eigenvalue weighted by Crippen LogP contribution is 2.28. The molecular formula is C12H15N3OS. The summed E-state index contributed by atoms with van der Waals surface area (Å²) in [6.45, 7) is 3.78. The van der Waals surface area contributed by atoms with Crippen molar-refractivity contribution in [2.45, 2.75) is 19.9 Å². The van der Waals surface area contributed by atoms with Crippen molar-refractivity contribution in [3.05, 3.63) is 28.8 Å². The van der Waals surface area contributed by atoms with Crippen LogP contribution in [-0.4, -0.2) is 22.7 Å². The summed E-state index contributed by atoms with van der Waals surface area (Å²) in [6, 6.07) is 3.83. The molecule has 1 aromatic rings. The Hall–Kier alpha value is -1.49. The fourth-order valence-corrected chi connectivity index (χ4v) is 2.13. The van der Waals surface area contributed by atoms with Gasteiger partial charge in [-0.25, -0.2) is 4.99 Å². The fourth-order valence-electron chi connectivity index (χ4n) is 1.77. The minimum atomic E-state index is -0.0725. The van der Waals surface area contributed by atoms with Crippen LogP contribution in [0.5, 0.6) is 5.75 Å². The summed E-state index contributed by atoms with van der Waals surface area (Å²) in [4.78, 5) is 4.52. The maximum atomic E-state index is 9.74. The lowest BCUT2D eigenvalue weighted by Crippen LogP contribution is -2.20. The Bertz CT molecular complexity index is 474. The lowest BCUT2D eigenvalue weighted by molar-refractivity contribution is 0.466. The molecule has 2 rings (SSSR count). The molecule has 1 unspecified atom stereocenters. The molecule has 0 fully saturated rings. The first-order valence-corrected chi connectivity index (χ1v) is 6.55. The summed E-state index contributed by atoms with van der Waals surface area (Å²) in [6.07, 6.45) is 3.72. The lowest BCUT2D eigenvalue weighted by Gasteiger charge is -2.16. The number of phenolic OH excluding ortho intramolecular Hbond substituents is 1. The van der Waals surface area contributed by atoms with E-state index in [2.05, 4.69) is 15.5 Å². The van der Waals surface area contributed by atoms with Crippen LogP contribution in [0, 0.1) is 13.8 Å². The van der Waals surface area contributed by atoms with E-state index in [9.17, 15) is 5.11 Å². The van der Waals surface area contributed by atoms with Crippen LogP contribution in [0.3, 0.4) is 0 Å². The molecule has 0 bridgehead atoms. The van der Waals surface area contributed by atoms with E-state index in [0.29, 0.717) is 5.75 Å². The quantitative estimate of drug-likeness (QED) is 0.803. The van der Waals surface area contributed by atoms with Gasteiger partial charge in [-0.15, -0.1) is 0 Å². The molecule has 0 saturated heterocycles. The number of rotatable bonds is 1. The highest BCUT2D eigenvalue weighted by Gasteiger charge is 2.15. The smallest absolute Gasteiger partial charge is 0.177 e. The zero-order valence-electron chi connectivity index (χ0n) is 10.1. The topological polar surface area (TPSA) is 57.0 Å². The molecule has 1 aromatic carbocycles. The fraction of sp³-hybridized carbons (Fsp3) is 0.333. The molecule has 4 nitrogen and oxygen atoms in total. The first kappa shape index (κ1) is 12.0. The number of benzene rings is 1. The van der Waals surface area contributed by atoms with Gasteiger partial charge < -0.3 is 5.11 Å². The minimum absolute atomic E-state index is 0.0725. The third kappa shape index (κ3) is 2.44. The van der Waals surface area contributed by atoms with Crippen molar-refractivity contribution in [1.82, 2.24) is 5.43 Å². The number of hydrogen-bond acceptors (Lipinski definition) is 5. The standard InChI is InChI=1S/C12H15N3OS/c1-7-4-9(5-8(2)11(7)16)10-6-13-15-12(14-10)17-3/h4-6,10,16H,1-3H3,(H,14,15). The molecule has 1 heterocycles. The molecule has 0 amide bonds. The second-order valence-electron chi connectivity index (χ2n) is 3.98. The van der Waals surface area contributed by atoms with Gasteiger partial charge in [0.05, 0.1) is 6.21 Å². The number of phenols is 1. The Kier molecular flexibility index (Phi) is 3.38. The molecule has 90 valence electrons. The summed E-state index contributed by atoms with van der Waals surface area (Å²) < 4.78 is 0. The van der Waals surface area contributed by atoms with Crippen LogP contribution in [0.4, 0.5) is 0 Å². The van der Waals surface area contributed by atoms with Gasteiger partial charge in [0, 0.05) is 0 Å². The van der Waals surface area contributed by atoms with Crippen molar-refractivity contribution < 1.29 is 5.11 Å². The van der Waals surface area contributed by atoms with Gasteiger partial charge in [-0.05, 0) is 48.9 Å². The van der Waals surface area contributed by atoms with Crippen LogP contribution >= 0.6 is 11.8 Å². The van der Waals surface area contributed by atoms with Gasteiger partial charge >= 0.3 is 0 Å². The van der Waals surface area contributed by atoms with Crippen LogP contribution in [0.25, 0.3) is 0 Å². The van der Waals surface area contributed by atoms with E-state index in [1.165, 1.54) is 11.8 Å². The zero-order chi connectivity index (χ0) is 12.4. The van der Waals surface area contributed by atoms with Gasteiger partial charge in [0.25, 0.3) is 0 Å². The predicted molar refractivity (Wildman–Crippen MR) is 72.9 cm³/mol. The molecule has 0 aliphatic carbocycles. The van der Waals surface area contributed by atoms with Gasteiger partial charge in [-0.2, -0.15) is 5.10 Å². The summed E-state index contributed by atoms with van der Waals surface area (Å²) >= 11 is 1.53. The lowest BCUT2D eigenvalue weighted by atomic mass is 10.0. The van der Waals surface area contributed by atoms with E-state index in [1.807, 2.05) is 32.2 Å². The van der Waals surface area contributed by atoms with Crippen LogP contribution < -0.4 is 5.43 Å². The largest absolute Gasteiger partial charge is 0.507 e. The Morgan fingerprint density at radius 3 is 2.53 bits per heavy atom. The predicted octanol–water partition coefficient (Wildman–Crippen LogP) is 2.36. The number of thioether (sulfide) groups is 1. The number of aromatic hydroxyl groups is 1. The van der Waals surface area contributed by atoms with Crippen molar-refractivity contribution in [3.63, 3.8) is 0 Å². The summed E-state index contributed by atoms with van der Waals surface area (Å²) in [5.74, 6) is 0.355. The summed E-state index contributed by atoms with van der Waals surface area (Å²) in [5, 5.41) is 14.6. The van der Waals surface area contributed by atoms with Crippen LogP contribution in [0.1, 0.15) is 22.7 Å². The molecule has 0 spiro atoms. The van der Waals surface area contributed by atoms with Crippen molar-refractivity contribution in [1.29, 1.82) is 0 Å². The first-order chi connectivity index (χ1) is 8.11. The number of nitrogens with one attached hydrogen (secondary N) is 1. The highest BCUT2D eigenvalue weighted by molar-refractivity contribution is 8.13. The molecule has 17 heavy (non-hydrogen) atoms. The van der Waals surface area contributed by atoms with Crippen LogP contribution in [0.15, 0.2) is 22.2 Å². The molecule has 0 radical (unpaired) electrons. The van der Waals surface area contributed by atoms with Crippen LogP contribution in [0.2, 0.25) is 0 Å². The Labute approximate surface area is 105 Å². The average molecular weight is 249 g/mol. The number of hydrazone groups is 1. The Balaban J connectivity index is 2.38. The first-order valence-electron chi connectivity index (χ1n) is 5.33. The number of nitrogens with zero attached hydrogens (tertiary/aromatic N) is 2. The molecule has 0 aromatic heterocycles. The third-order valence-corrected chi connectivity index (χ3v) is 3.26. The number of aryl methyl sites for hydroxylation is 2. The van der Waals surface area contributed by atoms with Gasteiger partial charge in [-0.1, -0.05) is 11.8 Å². The average Bonchev–Trinajstić information content (AvgIpc) is 2.35. The molecule has 1 aliphatic rings. The van der Waals surface area contributed by atoms with Crippen molar-refractivity contribution in [3.8, 4) is 5.75 Å². The minimum Gasteiger partial charge on any atom is -0.507 e. The highest BCUT2D eigenvalue weighted by atomic mass is 32.2. The van der Waals surface area contributed by atoms with Gasteiger partial charge in [0.1, 0.15) is 11.8 Å². The van der Waals surface area contributed by atoms with E-state index in [0.717, 1.165) is 21.9 Å². The van der Waals surface area contributed by atoms with Gasteiger partial charge in [0.2, 0.25) is 0 Å². The summed E-state index contributed by atoms with van der Waals surface area (Å²) in [5.41, 5.74) is 5.63. The maximum Gasteiger partial charge on any atom is 0.177 e. The maximum absolute atomic E-state index is 9.74. The van der Waals surface area contributed by atoms with E-state index in [1.54, 1.807) is 6.21 Å². The molecule has 1 atom stereocenters. The number of hydrogen-bond donors (Lipinski definition) is 2. The molecular weight excluding hydrogens is 234 g/mol. The monoisotopic (exact) mass is 249 g/mol. The van der Waals surface area contributed by atoms with E-state index < -0.39 is 0 Å². The van der Waals surface area contributed by atoms with Gasteiger partial charge in [-0.3, -0.25) is 5.43 Å². The number of amidine groups is 1. The zero-order valence-corrected chi connectivity index (χ0v) is 10.9. The second kappa shape index (κ2) is 4.79. The van der Waals surface area contributed by atoms with E-state index in [-0.39, 0.29) is 6.04 Å². The van der Waals surface area contributed by atoms with E-state index >= 15 is 0 Å². The third-order valence-electron chi connectivity index (χ3n) is 2.68. The number of aliphatic imine (C=N–C) groups is 1. The molecule has 5 heteroatoms. The van der Waals surface area contributed by atoms with Crippen molar-refractivity contribution in [2.75, 3.05) is 6.26 Å². The molecule has 0 saturated carbocycles. The molecule has 2 N–H and O–H groups in total. The van der Waals surface area contributed by atoms with E-state index in [4.69, 9.17) is 0 Å².